The Hall–Kier alpha value is -2.99. The van der Waals surface area contributed by atoms with Crippen molar-refractivity contribution in [2.24, 2.45) is 0 Å². The monoisotopic (exact) mass is 418 g/mol. The second-order valence-corrected chi connectivity index (χ2v) is 7.62. The van der Waals surface area contributed by atoms with Crippen molar-refractivity contribution >= 4 is 6.21 Å². The lowest BCUT2D eigenvalue weighted by Gasteiger charge is -2.21. The van der Waals surface area contributed by atoms with Crippen molar-refractivity contribution in [2.75, 3.05) is 6.61 Å². The van der Waals surface area contributed by atoms with E-state index in [0.717, 1.165) is 16.7 Å². The van der Waals surface area contributed by atoms with Gasteiger partial charge >= 0.3 is 0 Å². The normalized spacial score (nSPS) is 20.5. The summed E-state index contributed by atoms with van der Waals surface area (Å²) in [7, 11) is 0. The molecule has 0 saturated heterocycles. The molecule has 3 atom stereocenters. The molecule has 31 heavy (non-hydrogen) atoms. The van der Waals surface area contributed by atoms with Crippen LogP contribution in [0.4, 0.5) is 0 Å². The fourth-order valence-electron chi connectivity index (χ4n) is 3.64. The van der Waals surface area contributed by atoms with Gasteiger partial charge in [-0.1, -0.05) is 91.0 Å². The van der Waals surface area contributed by atoms with E-state index >= 15 is 0 Å². The van der Waals surface area contributed by atoms with Crippen LogP contribution >= 0.6 is 0 Å². The summed E-state index contributed by atoms with van der Waals surface area (Å²) in [6.45, 7) is 1.69. The van der Waals surface area contributed by atoms with Crippen molar-refractivity contribution in [3.05, 3.63) is 108 Å². The molecule has 0 spiro atoms. The first-order valence-electron chi connectivity index (χ1n) is 10.5. The molecule has 5 nitrogen and oxygen atoms in total. The summed E-state index contributed by atoms with van der Waals surface area (Å²) < 4.78 is 19.4. The molecule has 4 rings (SSSR count). The Morgan fingerprint density at radius 3 is 1.68 bits per heavy atom. The maximum Gasteiger partial charge on any atom is 0.253 e. The SMILES string of the molecule is O[N+]1=C[C@H](OCc2ccccc2)[C@@H](OCc2ccccc2)[C@@H]1COCc1ccccc1. The number of rotatable bonds is 10. The Morgan fingerprint density at radius 1 is 0.645 bits per heavy atom. The summed E-state index contributed by atoms with van der Waals surface area (Å²) in [6, 6.07) is 29.6. The van der Waals surface area contributed by atoms with E-state index in [9.17, 15) is 5.21 Å². The molecule has 1 heterocycles. The molecule has 1 aliphatic heterocycles. The molecule has 0 bridgehead atoms. The lowest BCUT2D eigenvalue weighted by Crippen LogP contribution is -2.41. The Bertz CT molecular complexity index is 947. The lowest BCUT2D eigenvalue weighted by atomic mass is 10.1. The lowest BCUT2D eigenvalue weighted by molar-refractivity contribution is -0.795. The second-order valence-electron chi connectivity index (χ2n) is 7.62. The first kappa shape index (κ1) is 21.2. The van der Waals surface area contributed by atoms with Crippen LogP contribution in [0.5, 0.6) is 0 Å². The highest BCUT2D eigenvalue weighted by molar-refractivity contribution is 5.60. The number of hydroxylamine groups is 1. The van der Waals surface area contributed by atoms with Gasteiger partial charge in [-0.3, -0.25) is 5.21 Å². The minimum Gasteiger partial charge on any atom is -0.370 e. The van der Waals surface area contributed by atoms with E-state index in [0.29, 0.717) is 26.4 Å². The van der Waals surface area contributed by atoms with E-state index in [1.165, 1.54) is 4.74 Å². The maximum absolute atomic E-state index is 10.6. The van der Waals surface area contributed by atoms with Gasteiger partial charge in [-0.15, -0.1) is 0 Å². The third kappa shape index (κ3) is 6.01. The van der Waals surface area contributed by atoms with Gasteiger partial charge in [0.05, 0.1) is 19.8 Å². The highest BCUT2D eigenvalue weighted by atomic mass is 16.6. The summed E-state index contributed by atoms with van der Waals surface area (Å²) in [6.07, 6.45) is 0.943. The Labute approximate surface area is 183 Å². The minimum absolute atomic E-state index is 0.326. The van der Waals surface area contributed by atoms with Gasteiger partial charge in [0.25, 0.3) is 6.04 Å². The molecule has 0 saturated carbocycles. The predicted octanol–water partition coefficient (Wildman–Crippen LogP) is 4.23. The molecule has 0 radical (unpaired) electrons. The van der Waals surface area contributed by atoms with Crippen LogP contribution < -0.4 is 0 Å². The molecule has 160 valence electrons. The Morgan fingerprint density at radius 2 is 1.13 bits per heavy atom. The van der Waals surface area contributed by atoms with Gasteiger partial charge in [-0.05, 0) is 21.4 Å². The van der Waals surface area contributed by atoms with Gasteiger partial charge in [-0.2, -0.15) is 0 Å². The molecular weight excluding hydrogens is 390 g/mol. The number of ether oxygens (including phenoxy) is 3. The van der Waals surface area contributed by atoms with Crippen molar-refractivity contribution < 1.29 is 24.2 Å². The maximum atomic E-state index is 10.6. The van der Waals surface area contributed by atoms with Crippen LogP contribution in [0.1, 0.15) is 16.7 Å². The third-order valence-electron chi connectivity index (χ3n) is 5.31. The first-order chi connectivity index (χ1) is 15.3. The van der Waals surface area contributed by atoms with Crippen molar-refractivity contribution in [1.82, 2.24) is 0 Å². The molecular formula is C26H28NO4+. The van der Waals surface area contributed by atoms with Gasteiger partial charge in [0.1, 0.15) is 6.61 Å². The largest absolute Gasteiger partial charge is 0.370 e. The van der Waals surface area contributed by atoms with Crippen LogP contribution in [0.3, 0.4) is 0 Å². The molecule has 0 fully saturated rings. The molecule has 0 unspecified atom stereocenters. The summed E-state index contributed by atoms with van der Waals surface area (Å²) in [5.74, 6) is 0. The van der Waals surface area contributed by atoms with E-state index in [-0.39, 0.29) is 18.2 Å². The van der Waals surface area contributed by atoms with Crippen molar-refractivity contribution in [2.45, 2.75) is 38.1 Å². The van der Waals surface area contributed by atoms with Crippen LogP contribution in [0, 0.1) is 0 Å². The minimum atomic E-state index is -0.376. The molecule has 3 aromatic rings. The van der Waals surface area contributed by atoms with Crippen LogP contribution in [-0.2, 0) is 34.0 Å². The Kier molecular flexibility index (Phi) is 7.45. The molecule has 3 aromatic carbocycles. The van der Waals surface area contributed by atoms with E-state index < -0.39 is 0 Å². The van der Waals surface area contributed by atoms with Crippen molar-refractivity contribution in [3.63, 3.8) is 0 Å². The molecule has 1 aliphatic rings. The third-order valence-corrected chi connectivity index (χ3v) is 5.31. The van der Waals surface area contributed by atoms with Crippen LogP contribution in [0.25, 0.3) is 0 Å². The quantitative estimate of drug-likeness (QED) is 0.396. The summed E-state index contributed by atoms with van der Waals surface area (Å²) in [5.41, 5.74) is 3.24. The fourth-order valence-corrected chi connectivity index (χ4v) is 3.64. The number of nitrogens with zero attached hydrogens (tertiary/aromatic N) is 1. The molecule has 5 heteroatoms. The van der Waals surface area contributed by atoms with Gasteiger partial charge in [-0.25, -0.2) is 0 Å². The smallest absolute Gasteiger partial charge is 0.253 e. The predicted molar refractivity (Wildman–Crippen MR) is 118 cm³/mol. The molecule has 0 aliphatic carbocycles. The zero-order chi connectivity index (χ0) is 21.3. The van der Waals surface area contributed by atoms with Gasteiger partial charge in [0.2, 0.25) is 6.21 Å². The van der Waals surface area contributed by atoms with Crippen LogP contribution in [0.15, 0.2) is 91.0 Å². The standard InChI is InChI=1S/C26H28NO4/c28-27-16-25(30-18-22-12-6-2-7-13-22)26(31-19-23-14-8-3-9-15-23)24(27)20-29-17-21-10-4-1-5-11-21/h1-16,24-26,28H,17-20H2/q+1/t24-,25-,26-/m0/s1. The van der Waals surface area contributed by atoms with Crippen LogP contribution in [0.2, 0.25) is 0 Å². The second kappa shape index (κ2) is 10.9. The average Bonchev–Trinajstić information content (AvgIpc) is 3.12. The van der Waals surface area contributed by atoms with Gasteiger partial charge in [0, 0.05) is 0 Å². The van der Waals surface area contributed by atoms with Gasteiger partial charge < -0.3 is 14.2 Å². The van der Waals surface area contributed by atoms with Crippen LogP contribution in [-0.4, -0.2) is 41.0 Å². The number of benzene rings is 3. The van der Waals surface area contributed by atoms with Gasteiger partial charge in [0.15, 0.2) is 12.2 Å². The number of hydrogen-bond donors (Lipinski definition) is 1. The molecule has 1 N–H and O–H groups in total. The molecule has 0 aromatic heterocycles. The van der Waals surface area contributed by atoms with Crippen molar-refractivity contribution in [1.29, 1.82) is 0 Å². The van der Waals surface area contributed by atoms with E-state index in [1.54, 1.807) is 6.21 Å². The van der Waals surface area contributed by atoms with E-state index in [1.807, 2.05) is 91.0 Å². The van der Waals surface area contributed by atoms with E-state index in [4.69, 9.17) is 14.2 Å². The summed E-state index contributed by atoms with van der Waals surface area (Å²) in [5, 5.41) is 10.6. The number of hydrogen-bond acceptors (Lipinski definition) is 4. The topological polar surface area (TPSA) is 50.9 Å². The fraction of sp³-hybridized carbons (Fsp3) is 0.269. The highest BCUT2D eigenvalue weighted by Crippen LogP contribution is 2.20. The first-order valence-corrected chi connectivity index (χ1v) is 10.5. The zero-order valence-corrected chi connectivity index (χ0v) is 17.4. The summed E-state index contributed by atoms with van der Waals surface area (Å²) in [4.78, 5) is 0. The van der Waals surface area contributed by atoms with Crippen molar-refractivity contribution in [3.8, 4) is 0 Å². The zero-order valence-electron chi connectivity index (χ0n) is 17.4. The highest BCUT2D eigenvalue weighted by Gasteiger charge is 2.47. The molecule has 0 amide bonds. The summed E-state index contributed by atoms with van der Waals surface area (Å²) >= 11 is 0. The average molecular weight is 419 g/mol. The van der Waals surface area contributed by atoms with E-state index in [2.05, 4.69) is 0 Å². The Balaban J connectivity index is 1.40.